The lowest BCUT2D eigenvalue weighted by atomic mass is 9.86. The van der Waals surface area contributed by atoms with Gasteiger partial charge in [0.1, 0.15) is 35.3 Å². The highest BCUT2D eigenvalue weighted by atomic mass is 16.6. The summed E-state index contributed by atoms with van der Waals surface area (Å²) in [6.07, 6.45) is 11.0. The SMILES string of the molecule is C=CCCC[C@@H]1C[C@H]1OC(=O)C[C@H](C(=O)N1C[C@H](Oc2nc3cc(OC)ccc3nc2C=C)[C@@H](CC)[C@H]1C(=O)OC(C)(C)C)C1CCCC1. The minimum absolute atomic E-state index is 0.00216. The number of nitrogens with zero attached hydrogens (tertiary/aromatic N) is 3. The maximum absolute atomic E-state index is 14.7. The molecule has 2 aromatic rings. The number of esters is 2. The molecule has 266 valence electrons. The van der Waals surface area contributed by atoms with Gasteiger partial charge in [-0.1, -0.05) is 32.4 Å². The van der Waals surface area contributed by atoms with E-state index >= 15 is 0 Å². The molecular weight excluding hydrogens is 622 g/mol. The highest BCUT2D eigenvalue weighted by Gasteiger charge is 2.52. The molecule has 1 aromatic carbocycles. The number of hydrogen-bond acceptors (Lipinski definition) is 9. The zero-order chi connectivity index (χ0) is 35.3. The van der Waals surface area contributed by atoms with Crippen LogP contribution >= 0.6 is 0 Å². The van der Waals surface area contributed by atoms with Crippen LogP contribution in [0.25, 0.3) is 17.1 Å². The molecule has 10 nitrogen and oxygen atoms in total. The van der Waals surface area contributed by atoms with Gasteiger partial charge in [-0.15, -0.1) is 6.58 Å². The first kappa shape index (κ1) is 36.3. The molecule has 2 saturated carbocycles. The van der Waals surface area contributed by atoms with Crippen molar-refractivity contribution in [3.05, 3.63) is 43.1 Å². The molecule has 49 heavy (non-hydrogen) atoms. The molecule has 1 saturated heterocycles. The highest BCUT2D eigenvalue weighted by molar-refractivity contribution is 5.89. The third-order valence-corrected chi connectivity index (χ3v) is 10.1. The van der Waals surface area contributed by atoms with Crippen molar-refractivity contribution in [2.45, 2.75) is 116 Å². The fourth-order valence-corrected chi connectivity index (χ4v) is 7.52. The number of ether oxygens (including phenoxy) is 4. The molecule has 3 fully saturated rings. The summed E-state index contributed by atoms with van der Waals surface area (Å²) >= 11 is 0. The van der Waals surface area contributed by atoms with Gasteiger partial charge in [-0.2, -0.15) is 0 Å². The number of benzene rings is 1. The van der Waals surface area contributed by atoms with E-state index in [1.54, 1.807) is 24.2 Å². The van der Waals surface area contributed by atoms with E-state index in [0.717, 1.165) is 51.4 Å². The van der Waals surface area contributed by atoms with Crippen molar-refractivity contribution in [1.82, 2.24) is 14.9 Å². The zero-order valence-corrected chi connectivity index (χ0v) is 29.8. The van der Waals surface area contributed by atoms with Crippen molar-refractivity contribution < 1.29 is 33.3 Å². The Kier molecular flexibility index (Phi) is 11.7. The van der Waals surface area contributed by atoms with E-state index in [9.17, 15) is 14.4 Å². The van der Waals surface area contributed by atoms with Crippen LogP contribution in [-0.2, 0) is 23.9 Å². The average Bonchev–Trinajstić information content (AvgIpc) is 3.41. The highest BCUT2D eigenvalue weighted by Crippen LogP contribution is 2.41. The van der Waals surface area contributed by atoms with Gasteiger partial charge in [0, 0.05) is 12.0 Å². The van der Waals surface area contributed by atoms with Crippen LogP contribution in [0.5, 0.6) is 11.6 Å². The summed E-state index contributed by atoms with van der Waals surface area (Å²) in [7, 11) is 1.59. The molecule has 0 unspecified atom stereocenters. The van der Waals surface area contributed by atoms with Crippen molar-refractivity contribution >= 4 is 35.0 Å². The molecule has 3 aliphatic rings. The normalized spacial score (nSPS) is 24.3. The number of carbonyl (C=O) groups excluding carboxylic acids is 3. The zero-order valence-electron chi connectivity index (χ0n) is 29.8. The number of aromatic nitrogens is 2. The predicted molar refractivity (Wildman–Crippen MR) is 188 cm³/mol. The number of methoxy groups -OCH3 is 1. The quantitative estimate of drug-likeness (QED) is 0.111. The van der Waals surface area contributed by atoms with Crippen molar-refractivity contribution in [2.24, 2.45) is 23.7 Å². The van der Waals surface area contributed by atoms with Crippen molar-refractivity contribution in [3.63, 3.8) is 0 Å². The molecule has 10 heteroatoms. The number of likely N-dealkylation sites (tertiary alicyclic amines) is 1. The van der Waals surface area contributed by atoms with Crippen LogP contribution in [0.2, 0.25) is 0 Å². The lowest BCUT2D eigenvalue weighted by Crippen LogP contribution is -2.49. The fraction of sp³-hybridized carbons (Fsp3) is 0.615. The smallest absolute Gasteiger partial charge is 0.329 e. The Labute approximate surface area is 290 Å². The lowest BCUT2D eigenvalue weighted by Gasteiger charge is -2.33. The third-order valence-electron chi connectivity index (χ3n) is 10.1. The van der Waals surface area contributed by atoms with Crippen molar-refractivity contribution in [3.8, 4) is 11.6 Å². The van der Waals surface area contributed by atoms with Crippen LogP contribution in [0.1, 0.15) is 97.6 Å². The molecule has 0 radical (unpaired) electrons. The van der Waals surface area contributed by atoms with Crippen LogP contribution in [0.4, 0.5) is 0 Å². The van der Waals surface area contributed by atoms with Crippen LogP contribution in [0, 0.1) is 23.7 Å². The molecule has 1 aromatic heterocycles. The van der Waals surface area contributed by atoms with E-state index in [0.29, 0.717) is 34.8 Å². The van der Waals surface area contributed by atoms with Gasteiger partial charge in [-0.25, -0.2) is 14.8 Å². The lowest BCUT2D eigenvalue weighted by molar-refractivity contribution is -0.166. The van der Waals surface area contributed by atoms with E-state index < -0.39 is 35.6 Å². The van der Waals surface area contributed by atoms with Crippen LogP contribution in [0.15, 0.2) is 37.4 Å². The number of hydrogen-bond donors (Lipinski definition) is 0. The van der Waals surface area contributed by atoms with Crippen molar-refractivity contribution in [2.75, 3.05) is 13.7 Å². The van der Waals surface area contributed by atoms with E-state index in [2.05, 4.69) is 13.2 Å². The van der Waals surface area contributed by atoms with E-state index in [-0.39, 0.29) is 42.7 Å². The average molecular weight is 676 g/mol. The molecule has 6 atom stereocenters. The Bertz CT molecular complexity index is 1530. The summed E-state index contributed by atoms with van der Waals surface area (Å²) in [4.78, 5) is 53.1. The summed E-state index contributed by atoms with van der Waals surface area (Å²) in [5.41, 5.74) is 0.940. The second kappa shape index (κ2) is 15.7. The molecular formula is C39H53N3O7. The minimum atomic E-state index is -0.889. The van der Waals surface area contributed by atoms with Gasteiger partial charge < -0.3 is 23.8 Å². The minimum Gasteiger partial charge on any atom is -0.497 e. The van der Waals surface area contributed by atoms with E-state index in [1.165, 1.54) is 0 Å². The molecule has 2 heterocycles. The Morgan fingerprint density at radius 3 is 2.49 bits per heavy atom. The number of unbranched alkanes of at least 4 members (excludes halogenated alkanes) is 1. The Morgan fingerprint density at radius 1 is 1.08 bits per heavy atom. The standard InChI is InChI=1S/C39H53N3O7/c1-8-11-12-17-25-20-32(25)47-34(43)22-28(24-15-13-14-16-24)37(44)42-23-33(27(9-2)35(42)38(45)49-39(4,5)6)48-36-29(10-3)40-30-19-18-26(46-7)21-31(30)41-36/h8,10,18-19,21,24-25,27-28,32-33,35H,1,3,9,11-17,20,22-23H2,2,4-7H3/t25-,27-,28+,32-,33+,35+/m1/s1. The first-order chi connectivity index (χ1) is 23.5. The molecule has 1 amide bonds. The largest absolute Gasteiger partial charge is 0.497 e. The number of fused-ring (bicyclic) bond motifs is 1. The van der Waals surface area contributed by atoms with Crippen LogP contribution in [0.3, 0.4) is 0 Å². The van der Waals surface area contributed by atoms with Gasteiger partial charge in [0.05, 0.1) is 37.0 Å². The van der Waals surface area contributed by atoms with Gasteiger partial charge in [0.2, 0.25) is 11.8 Å². The van der Waals surface area contributed by atoms with E-state index in [1.807, 2.05) is 45.9 Å². The summed E-state index contributed by atoms with van der Waals surface area (Å²) in [6.45, 7) is 15.3. The molecule has 0 bridgehead atoms. The number of amides is 1. The van der Waals surface area contributed by atoms with Gasteiger partial charge in [0.25, 0.3) is 0 Å². The van der Waals surface area contributed by atoms with Gasteiger partial charge in [0.15, 0.2) is 0 Å². The monoisotopic (exact) mass is 675 g/mol. The second-order valence-corrected chi connectivity index (χ2v) is 14.8. The molecule has 2 aliphatic carbocycles. The Balaban J connectivity index is 1.41. The number of rotatable bonds is 15. The summed E-state index contributed by atoms with van der Waals surface area (Å²) in [5, 5.41) is 0. The van der Waals surface area contributed by atoms with Gasteiger partial charge in [-0.3, -0.25) is 9.59 Å². The number of carbonyl (C=O) groups is 3. The molecule has 0 N–H and O–H groups in total. The maximum Gasteiger partial charge on any atom is 0.329 e. The van der Waals surface area contributed by atoms with E-state index in [4.69, 9.17) is 28.9 Å². The first-order valence-corrected chi connectivity index (χ1v) is 17.9. The molecule has 5 rings (SSSR count). The third kappa shape index (κ3) is 8.81. The summed E-state index contributed by atoms with van der Waals surface area (Å²) < 4.78 is 23.8. The molecule has 0 spiro atoms. The second-order valence-electron chi connectivity index (χ2n) is 14.8. The summed E-state index contributed by atoms with van der Waals surface area (Å²) in [5.74, 6) is -0.714. The Morgan fingerprint density at radius 2 is 1.84 bits per heavy atom. The maximum atomic E-state index is 14.7. The van der Waals surface area contributed by atoms with Gasteiger partial charge >= 0.3 is 11.9 Å². The van der Waals surface area contributed by atoms with Crippen LogP contribution < -0.4 is 9.47 Å². The topological polar surface area (TPSA) is 117 Å². The number of allylic oxidation sites excluding steroid dienone is 1. The van der Waals surface area contributed by atoms with Crippen molar-refractivity contribution in [1.29, 1.82) is 0 Å². The summed E-state index contributed by atoms with van der Waals surface area (Å²) in [6, 6.07) is 4.53. The first-order valence-electron chi connectivity index (χ1n) is 17.9. The predicted octanol–water partition coefficient (Wildman–Crippen LogP) is 7.09. The Hall–Kier alpha value is -3.95. The van der Waals surface area contributed by atoms with Crippen LogP contribution in [-0.4, -0.2) is 70.2 Å². The fourth-order valence-electron chi connectivity index (χ4n) is 7.52. The molecule has 1 aliphatic heterocycles. The van der Waals surface area contributed by atoms with Gasteiger partial charge in [-0.05, 0) is 95.8 Å².